The van der Waals surface area contributed by atoms with Crippen LogP contribution < -0.4 is 10.1 Å². The van der Waals surface area contributed by atoms with E-state index in [0.29, 0.717) is 23.9 Å². The lowest BCUT2D eigenvalue weighted by Gasteiger charge is -2.11. The van der Waals surface area contributed by atoms with Crippen LogP contribution in [0.2, 0.25) is 0 Å². The van der Waals surface area contributed by atoms with Crippen molar-refractivity contribution in [2.24, 2.45) is 7.05 Å². The SMILES string of the molecule is CC(C)c1cccc(OCc2nnc(-c3ccc(C(=O)Nc4ccc(CN(C)C)cc4)cc3)n2C)c1. The molecule has 1 heterocycles. The Kier molecular flexibility index (Phi) is 7.80. The van der Waals surface area contributed by atoms with Crippen molar-refractivity contribution in [1.29, 1.82) is 0 Å². The van der Waals surface area contributed by atoms with Gasteiger partial charge in [-0.3, -0.25) is 4.79 Å². The predicted octanol–water partition coefficient (Wildman–Crippen LogP) is 5.50. The van der Waals surface area contributed by atoms with E-state index in [-0.39, 0.29) is 5.91 Å². The largest absolute Gasteiger partial charge is 0.486 e. The maximum absolute atomic E-state index is 12.7. The molecule has 0 aliphatic rings. The normalized spacial score (nSPS) is 11.2. The van der Waals surface area contributed by atoms with Gasteiger partial charge in [0.2, 0.25) is 0 Å². The molecule has 36 heavy (non-hydrogen) atoms. The van der Waals surface area contributed by atoms with Crippen LogP contribution in [0.4, 0.5) is 5.69 Å². The van der Waals surface area contributed by atoms with E-state index in [0.717, 1.165) is 29.4 Å². The summed E-state index contributed by atoms with van der Waals surface area (Å²) in [5.74, 6) is 2.53. The summed E-state index contributed by atoms with van der Waals surface area (Å²) in [5.41, 5.74) is 4.65. The molecule has 0 saturated carbocycles. The van der Waals surface area contributed by atoms with Crippen LogP contribution in [-0.2, 0) is 20.2 Å². The van der Waals surface area contributed by atoms with E-state index >= 15 is 0 Å². The summed E-state index contributed by atoms with van der Waals surface area (Å²) in [6, 6.07) is 23.4. The summed E-state index contributed by atoms with van der Waals surface area (Å²) in [4.78, 5) is 14.8. The van der Waals surface area contributed by atoms with Crippen LogP contribution >= 0.6 is 0 Å². The van der Waals surface area contributed by atoms with Crippen molar-refractivity contribution < 1.29 is 9.53 Å². The summed E-state index contributed by atoms with van der Waals surface area (Å²) in [6.07, 6.45) is 0. The van der Waals surface area contributed by atoms with E-state index in [1.54, 1.807) is 12.1 Å². The molecule has 0 spiro atoms. The van der Waals surface area contributed by atoms with Crippen molar-refractivity contribution in [3.05, 3.63) is 95.3 Å². The monoisotopic (exact) mass is 483 g/mol. The quantitative estimate of drug-likeness (QED) is 0.340. The zero-order chi connectivity index (χ0) is 25.7. The van der Waals surface area contributed by atoms with Crippen molar-refractivity contribution in [3.8, 4) is 17.1 Å². The Morgan fingerprint density at radius 1 is 1.00 bits per heavy atom. The Balaban J connectivity index is 1.39. The number of rotatable bonds is 9. The van der Waals surface area contributed by atoms with Gasteiger partial charge in [-0.1, -0.05) is 50.2 Å². The first-order chi connectivity index (χ1) is 17.3. The fraction of sp³-hybridized carbons (Fsp3) is 0.276. The van der Waals surface area contributed by atoms with E-state index < -0.39 is 0 Å². The van der Waals surface area contributed by atoms with Crippen molar-refractivity contribution in [3.63, 3.8) is 0 Å². The maximum Gasteiger partial charge on any atom is 0.255 e. The number of hydrogen-bond donors (Lipinski definition) is 1. The Hall–Kier alpha value is -3.97. The van der Waals surface area contributed by atoms with Crippen LogP contribution in [0, 0.1) is 0 Å². The zero-order valence-corrected chi connectivity index (χ0v) is 21.5. The lowest BCUT2D eigenvalue weighted by Crippen LogP contribution is -2.13. The summed E-state index contributed by atoms with van der Waals surface area (Å²) in [7, 11) is 5.98. The highest BCUT2D eigenvalue weighted by Crippen LogP contribution is 2.22. The molecule has 0 aliphatic heterocycles. The molecule has 7 nitrogen and oxygen atoms in total. The van der Waals surface area contributed by atoms with Gasteiger partial charge in [-0.25, -0.2) is 0 Å². The molecule has 7 heteroatoms. The molecule has 0 saturated heterocycles. The Labute approximate surface area is 212 Å². The molecule has 186 valence electrons. The van der Waals surface area contributed by atoms with E-state index in [2.05, 4.69) is 46.4 Å². The molecule has 0 bridgehead atoms. The summed E-state index contributed by atoms with van der Waals surface area (Å²) >= 11 is 0. The predicted molar refractivity (Wildman–Crippen MR) is 143 cm³/mol. The molecule has 1 N–H and O–H groups in total. The van der Waals surface area contributed by atoms with Gasteiger partial charge >= 0.3 is 0 Å². The molecule has 1 amide bonds. The smallest absolute Gasteiger partial charge is 0.255 e. The van der Waals surface area contributed by atoms with Crippen molar-refractivity contribution in [2.45, 2.75) is 32.9 Å². The number of nitrogens with zero attached hydrogens (tertiary/aromatic N) is 4. The van der Waals surface area contributed by atoms with E-state index in [1.807, 2.05) is 74.2 Å². The number of aromatic nitrogens is 3. The van der Waals surface area contributed by atoms with Gasteiger partial charge < -0.3 is 19.5 Å². The highest BCUT2D eigenvalue weighted by molar-refractivity contribution is 6.04. The van der Waals surface area contributed by atoms with Crippen LogP contribution in [0.3, 0.4) is 0 Å². The molecular formula is C29H33N5O2. The minimum absolute atomic E-state index is 0.155. The average molecular weight is 484 g/mol. The fourth-order valence-corrected chi connectivity index (χ4v) is 3.88. The highest BCUT2D eigenvalue weighted by atomic mass is 16.5. The van der Waals surface area contributed by atoms with Crippen LogP contribution in [0.1, 0.15) is 47.1 Å². The molecule has 0 radical (unpaired) electrons. The van der Waals surface area contributed by atoms with Gasteiger partial charge in [0.15, 0.2) is 11.6 Å². The number of carbonyl (C=O) groups is 1. The van der Waals surface area contributed by atoms with Crippen LogP contribution in [0.15, 0.2) is 72.8 Å². The first kappa shape index (κ1) is 25.1. The summed E-state index contributed by atoms with van der Waals surface area (Å²) < 4.78 is 7.88. The van der Waals surface area contributed by atoms with Crippen LogP contribution in [-0.4, -0.2) is 39.7 Å². The minimum atomic E-state index is -0.155. The zero-order valence-electron chi connectivity index (χ0n) is 21.5. The third kappa shape index (κ3) is 6.17. The molecule has 0 atom stereocenters. The number of benzene rings is 3. The van der Waals surface area contributed by atoms with E-state index in [4.69, 9.17) is 4.74 Å². The second kappa shape index (κ2) is 11.2. The van der Waals surface area contributed by atoms with Crippen molar-refractivity contribution in [2.75, 3.05) is 19.4 Å². The molecule has 1 aromatic heterocycles. The number of hydrogen-bond acceptors (Lipinski definition) is 5. The van der Waals surface area contributed by atoms with Gasteiger partial charge in [-0.05, 0) is 67.5 Å². The first-order valence-electron chi connectivity index (χ1n) is 12.1. The topological polar surface area (TPSA) is 72.3 Å². The number of ether oxygens (including phenoxy) is 1. The number of nitrogens with one attached hydrogen (secondary N) is 1. The van der Waals surface area contributed by atoms with Gasteiger partial charge in [0.25, 0.3) is 5.91 Å². The third-order valence-corrected chi connectivity index (χ3v) is 5.97. The second-order valence-electron chi connectivity index (χ2n) is 9.48. The highest BCUT2D eigenvalue weighted by Gasteiger charge is 2.13. The van der Waals surface area contributed by atoms with Gasteiger partial charge in [-0.15, -0.1) is 10.2 Å². The van der Waals surface area contributed by atoms with Crippen molar-refractivity contribution in [1.82, 2.24) is 19.7 Å². The lowest BCUT2D eigenvalue weighted by molar-refractivity contribution is 0.102. The van der Waals surface area contributed by atoms with Gasteiger partial charge in [0.1, 0.15) is 12.4 Å². The van der Waals surface area contributed by atoms with Gasteiger partial charge in [-0.2, -0.15) is 0 Å². The van der Waals surface area contributed by atoms with Crippen LogP contribution in [0.5, 0.6) is 5.75 Å². The van der Waals surface area contributed by atoms with E-state index in [9.17, 15) is 4.79 Å². The molecular weight excluding hydrogens is 450 g/mol. The molecule has 4 rings (SSSR count). The molecule has 0 aliphatic carbocycles. The fourth-order valence-electron chi connectivity index (χ4n) is 3.88. The number of anilines is 1. The molecule has 0 fully saturated rings. The number of amides is 1. The van der Waals surface area contributed by atoms with E-state index in [1.165, 1.54) is 11.1 Å². The second-order valence-corrected chi connectivity index (χ2v) is 9.48. The summed E-state index contributed by atoms with van der Waals surface area (Å²) in [5, 5.41) is 11.6. The minimum Gasteiger partial charge on any atom is -0.486 e. The Morgan fingerprint density at radius 2 is 1.72 bits per heavy atom. The standard InChI is InChI=1S/C29H33N5O2/c1-20(2)24-7-6-8-26(17-24)36-19-27-31-32-28(34(27)5)22-11-13-23(14-12-22)29(35)30-25-15-9-21(10-16-25)18-33(3)4/h6-17,20H,18-19H2,1-5H3,(H,30,35). The van der Waals surface area contributed by atoms with Gasteiger partial charge in [0, 0.05) is 30.4 Å². The third-order valence-electron chi connectivity index (χ3n) is 5.97. The van der Waals surface area contributed by atoms with Crippen molar-refractivity contribution >= 4 is 11.6 Å². The molecule has 0 unspecified atom stereocenters. The summed E-state index contributed by atoms with van der Waals surface area (Å²) in [6.45, 7) is 5.50. The maximum atomic E-state index is 12.7. The van der Waals surface area contributed by atoms with Crippen LogP contribution in [0.25, 0.3) is 11.4 Å². The average Bonchev–Trinajstić information content (AvgIpc) is 3.24. The lowest BCUT2D eigenvalue weighted by atomic mass is 10.0. The molecule has 3 aromatic carbocycles. The van der Waals surface area contributed by atoms with Gasteiger partial charge in [0.05, 0.1) is 0 Å². The Bertz CT molecular complexity index is 1310. The molecule has 4 aromatic rings. The Morgan fingerprint density at radius 3 is 2.39 bits per heavy atom. The first-order valence-corrected chi connectivity index (χ1v) is 12.1. The number of carbonyl (C=O) groups excluding carboxylic acids is 1.